The van der Waals surface area contributed by atoms with Gasteiger partial charge in [0.05, 0.1) is 12.8 Å². The number of hydrogen-bond donors (Lipinski definition) is 2. The second kappa shape index (κ2) is 4.70. The maximum Gasteiger partial charge on any atom is 0.353 e. The molecule has 0 aliphatic carbocycles. The number of nitrogens with zero attached hydrogens (tertiary/aromatic N) is 1. The summed E-state index contributed by atoms with van der Waals surface area (Å²) in [5, 5.41) is 15.8. The molecule has 0 saturated heterocycles. The molecule has 1 heterocycles. The summed E-state index contributed by atoms with van der Waals surface area (Å²) in [6, 6.07) is 4.93. The van der Waals surface area contributed by atoms with Crippen LogP contribution in [0.15, 0.2) is 18.2 Å². The number of carboxylic acids is 1. The molecule has 0 fully saturated rings. The van der Waals surface area contributed by atoms with E-state index in [1.807, 2.05) is 6.92 Å². The predicted molar refractivity (Wildman–Crippen MR) is 67.3 cm³/mol. The molecule has 2 N–H and O–H groups in total. The number of aromatic carboxylic acids is 1. The summed E-state index contributed by atoms with van der Waals surface area (Å²) < 4.78 is 5.25. The van der Waals surface area contributed by atoms with Gasteiger partial charge in [-0.2, -0.15) is 5.10 Å². The van der Waals surface area contributed by atoms with Gasteiger partial charge in [0.1, 0.15) is 11.4 Å². The molecule has 94 valence electrons. The van der Waals surface area contributed by atoms with Crippen LogP contribution in [0.25, 0.3) is 11.3 Å². The van der Waals surface area contributed by atoms with Crippen LogP contribution in [0, 0.1) is 6.92 Å². The standard InChI is InChI=1S/C12H11ClN2O3/c1-6-3-11(18-2)7(4-8(6)13)9-5-10(12(16)17)15-14-9/h3-5H,1-2H3,(H,14,15)(H,16,17). The van der Waals surface area contributed by atoms with E-state index in [0.717, 1.165) is 5.56 Å². The van der Waals surface area contributed by atoms with E-state index in [2.05, 4.69) is 10.2 Å². The number of methoxy groups -OCH3 is 1. The molecule has 1 aromatic carbocycles. The van der Waals surface area contributed by atoms with Crippen molar-refractivity contribution in [3.8, 4) is 17.0 Å². The minimum atomic E-state index is -1.06. The first-order valence-electron chi connectivity index (χ1n) is 5.16. The van der Waals surface area contributed by atoms with Gasteiger partial charge in [0.2, 0.25) is 0 Å². The van der Waals surface area contributed by atoms with Gasteiger partial charge in [0.15, 0.2) is 0 Å². The highest BCUT2D eigenvalue weighted by atomic mass is 35.5. The Morgan fingerprint density at radius 3 is 2.72 bits per heavy atom. The van der Waals surface area contributed by atoms with Gasteiger partial charge < -0.3 is 9.84 Å². The third-order valence-electron chi connectivity index (χ3n) is 2.56. The molecule has 0 radical (unpaired) electrons. The number of H-pyrrole nitrogens is 1. The number of halogens is 1. The Hall–Kier alpha value is -2.01. The lowest BCUT2D eigenvalue weighted by Crippen LogP contribution is -1.95. The normalized spacial score (nSPS) is 10.4. The number of carboxylic acid groups (broad SMARTS) is 1. The van der Waals surface area contributed by atoms with Gasteiger partial charge in [-0.1, -0.05) is 11.6 Å². The monoisotopic (exact) mass is 266 g/mol. The number of benzene rings is 1. The van der Waals surface area contributed by atoms with E-state index in [4.69, 9.17) is 21.4 Å². The molecule has 5 nitrogen and oxygen atoms in total. The number of aromatic nitrogens is 2. The number of carbonyl (C=O) groups is 1. The molecule has 0 bridgehead atoms. The zero-order chi connectivity index (χ0) is 13.3. The second-order valence-corrected chi connectivity index (χ2v) is 4.18. The van der Waals surface area contributed by atoms with E-state index < -0.39 is 5.97 Å². The predicted octanol–water partition coefficient (Wildman–Crippen LogP) is 2.75. The van der Waals surface area contributed by atoms with Crippen LogP contribution in [-0.4, -0.2) is 28.4 Å². The Bertz CT molecular complexity index is 607. The summed E-state index contributed by atoms with van der Waals surface area (Å²) in [6.45, 7) is 1.86. The van der Waals surface area contributed by atoms with E-state index in [9.17, 15) is 4.79 Å². The van der Waals surface area contributed by atoms with Crippen molar-refractivity contribution in [1.29, 1.82) is 0 Å². The number of hydrogen-bond acceptors (Lipinski definition) is 3. The fourth-order valence-electron chi connectivity index (χ4n) is 1.59. The molecule has 0 amide bonds. The summed E-state index contributed by atoms with van der Waals surface area (Å²) in [7, 11) is 1.54. The van der Waals surface area contributed by atoms with E-state index in [0.29, 0.717) is 22.0 Å². The zero-order valence-corrected chi connectivity index (χ0v) is 10.6. The largest absolute Gasteiger partial charge is 0.496 e. The average molecular weight is 267 g/mol. The van der Waals surface area contributed by atoms with Crippen molar-refractivity contribution >= 4 is 17.6 Å². The van der Waals surface area contributed by atoms with E-state index in [-0.39, 0.29) is 5.69 Å². The first kappa shape index (κ1) is 12.4. The van der Waals surface area contributed by atoms with Crippen LogP contribution in [0.4, 0.5) is 0 Å². The number of aryl methyl sites for hydroxylation is 1. The van der Waals surface area contributed by atoms with Crippen molar-refractivity contribution in [2.24, 2.45) is 0 Å². The molecular weight excluding hydrogens is 256 g/mol. The van der Waals surface area contributed by atoms with Crippen molar-refractivity contribution in [2.75, 3.05) is 7.11 Å². The van der Waals surface area contributed by atoms with Gasteiger partial charge >= 0.3 is 5.97 Å². The Morgan fingerprint density at radius 1 is 1.44 bits per heavy atom. The summed E-state index contributed by atoms with van der Waals surface area (Å²) in [6.07, 6.45) is 0. The number of rotatable bonds is 3. The lowest BCUT2D eigenvalue weighted by atomic mass is 10.1. The minimum Gasteiger partial charge on any atom is -0.496 e. The molecule has 0 saturated carbocycles. The van der Waals surface area contributed by atoms with Crippen LogP contribution in [0.1, 0.15) is 16.1 Å². The third-order valence-corrected chi connectivity index (χ3v) is 2.97. The van der Waals surface area contributed by atoms with Gasteiger partial charge in [-0.05, 0) is 30.7 Å². The number of ether oxygens (including phenoxy) is 1. The summed E-state index contributed by atoms with van der Waals surface area (Å²) in [4.78, 5) is 10.8. The van der Waals surface area contributed by atoms with Crippen molar-refractivity contribution in [3.63, 3.8) is 0 Å². The molecule has 0 aliphatic rings. The van der Waals surface area contributed by atoms with Crippen molar-refractivity contribution in [3.05, 3.63) is 34.5 Å². The van der Waals surface area contributed by atoms with Crippen molar-refractivity contribution in [2.45, 2.75) is 6.92 Å². The van der Waals surface area contributed by atoms with Gasteiger partial charge in [0.25, 0.3) is 0 Å². The lowest BCUT2D eigenvalue weighted by molar-refractivity contribution is 0.0690. The quantitative estimate of drug-likeness (QED) is 0.896. The van der Waals surface area contributed by atoms with Gasteiger partial charge in [-0.25, -0.2) is 4.79 Å². The summed E-state index contributed by atoms with van der Waals surface area (Å²) in [5.74, 6) is -0.466. The summed E-state index contributed by atoms with van der Waals surface area (Å²) in [5.41, 5.74) is 2.03. The minimum absolute atomic E-state index is 0.0174. The maximum absolute atomic E-state index is 10.8. The SMILES string of the molecule is COc1cc(C)c(Cl)cc1-c1cc(C(=O)O)[nH]n1. The smallest absolute Gasteiger partial charge is 0.353 e. The zero-order valence-electron chi connectivity index (χ0n) is 9.82. The van der Waals surface area contributed by atoms with Gasteiger partial charge in [0, 0.05) is 10.6 Å². The van der Waals surface area contributed by atoms with Crippen LogP contribution in [0.3, 0.4) is 0 Å². The van der Waals surface area contributed by atoms with E-state index >= 15 is 0 Å². The molecule has 2 rings (SSSR count). The first-order valence-corrected chi connectivity index (χ1v) is 5.54. The van der Waals surface area contributed by atoms with Crippen LogP contribution in [0.5, 0.6) is 5.75 Å². The molecular formula is C12H11ClN2O3. The maximum atomic E-state index is 10.8. The highest BCUT2D eigenvalue weighted by Crippen LogP contribution is 2.33. The highest BCUT2D eigenvalue weighted by molar-refractivity contribution is 6.31. The van der Waals surface area contributed by atoms with E-state index in [1.165, 1.54) is 13.2 Å². The third kappa shape index (κ3) is 2.17. The van der Waals surface area contributed by atoms with Gasteiger partial charge in [-0.15, -0.1) is 0 Å². The van der Waals surface area contributed by atoms with Crippen molar-refractivity contribution in [1.82, 2.24) is 10.2 Å². The van der Waals surface area contributed by atoms with Crippen LogP contribution >= 0.6 is 11.6 Å². The van der Waals surface area contributed by atoms with Gasteiger partial charge in [-0.3, -0.25) is 5.10 Å². The Labute approximate surface area is 108 Å². The molecule has 6 heteroatoms. The Kier molecular flexibility index (Phi) is 3.25. The van der Waals surface area contributed by atoms with Crippen LogP contribution in [0.2, 0.25) is 5.02 Å². The molecule has 2 aromatic rings. The highest BCUT2D eigenvalue weighted by Gasteiger charge is 2.14. The van der Waals surface area contributed by atoms with E-state index in [1.54, 1.807) is 12.1 Å². The lowest BCUT2D eigenvalue weighted by Gasteiger charge is -2.08. The molecule has 18 heavy (non-hydrogen) atoms. The number of nitrogens with one attached hydrogen (secondary N) is 1. The topological polar surface area (TPSA) is 75.2 Å². The number of aromatic amines is 1. The molecule has 0 unspecified atom stereocenters. The Balaban J connectivity index is 2.55. The Morgan fingerprint density at radius 2 is 2.17 bits per heavy atom. The second-order valence-electron chi connectivity index (χ2n) is 3.77. The van der Waals surface area contributed by atoms with Crippen molar-refractivity contribution < 1.29 is 14.6 Å². The fraction of sp³-hybridized carbons (Fsp3) is 0.167. The first-order chi connectivity index (χ1) is 8.52. The fourth-order valence-corrected chi connectivity index (χ4v) is 1.76. The van der Waals surface area contributed by atoms with Crippen LogP contribution < -0.4 is 4.74 Å². The summed E-state index contributed by atoms with van der Waals surface area (Å²) >= 11 is 6.05. The molecule has 1 aromatic heterocycles. The average Bonchev–Trinajstić information content (AvgIpc) is 2.81. The molecule has 0 spiro atoms. The van der Waals surface area contributed by atoms with Crippen LogP contribution in [-0.2, 0) is 0 Å². The molecule has 0 aliphatic heterocycles. The molecule has 0 atom stereocenters.